The van der Waals surface area contributed by atoms with Crippen molar-refractivity contribution < 1.29 is 13.7 Å². The molecule has 2 aromatic rings. The van der Waals surface area contributed by atoms with Gasteiger partial charge in [0.1, 0.15) is 16.8 Å². The van der Waals surface area contributed by atoms with Gasteiger partial charge in [-0.3, -0.25) is 0 Å². The largest absolute Gasteiger partial charge is 0.494 e. The molecule has 2 heterocycles. The first kappa shape index (κ1) is 16.2. The standard InChI is InChI=1S/C17H17BFNO2S/c1-16(2)17(3,4)22-18(21-16)11-5-6-14(19)13(9-11)12-7-8-23-15(12)10-20/h5-9H,1-4H3. The topological polar surface area (TPSA) is 42.2 Å². The van der Waals surface area contributed by atoms with E-state index in [-0.39, 0.29) is 5.82 Å². The first-order chi connectivity index (χ1) is 10.7. The van der Waals surface area contributed by atoms with E-state index >= 15 is 0 Å². The number of benzene rings is 1. The van der Waals surface area contributed by atoms with Gasteiger partial charge in [0.2, 0.25) is 0 Å². The van der Waals surface area contributed by atoms with Gasteiger partial charge in [-0.05, 0) is 50.7 Å². The molecule has 1 aromatic carbocycles. The molecule has 1 saturated heterocycles. The Morgan fingerprint density at radius 3 is 2.35 bits per heavy atom. The van der Waals surface area contributed by atoms with E-state index in [0.29, 0.717) is 16.0 Å². The molecule has 0 unspecified atom stereocenters. The van der Waals surface area contributed by atoms with E-state index in [9.17, 15) is 4.39 Å². The lowest BCUT2D eigenvalue weighted by molar-refractivity contribution is 0.00578. The molecule has 1 fully saturated rings. The summed E-state index contributed by atoms with van der Waals surface area (Å²) in [5.41, 5.74) is 0.845. The zero-order valence-electron chi connectivity index (χ0n) is 13.5. The fourth-order valence-electron chi connectivity index (χ4n) is 2.48. The van der Waals surface area contributed by atoms with Gasteiger partial charge in [-0.25, -0.2) is 4.39 Å². The monoisotopic (exact) mass is 329 g/mol. The van der Waals surface area contributed by atoms with E-state index in [1.807, 2.05) is 27.7 Å². The molecule has 0 radical (unpaired) electrons. The Bertz CT molecular complexity index is 778. The zero-order chi connectivity index (χ0) is 16.8. The Morgan fingerprint density at radius 1 is 1.09 bits per heavy atom. The second kappa shape index (κ2) is 5.45. The van der Waals surface area contributed by atoms with Crippen molar-refractivity contribution in [3.05, 3.63) is 40.3 Å². The van der Waals surface area contributed by atoms with Crippen molar-refractivity contribution in [2.45, 2.75) is 38.9 Å². The van der Waals surface area contributed by atoms with Gasteiger partial charge in [0.25, 0.3) is 0 Å². The average molecular weight is 329 g/mol. The first-order valence-corrected chi connectivity index (χ1v) is 8.26. The number of hydrogen-bond donors (Lipinski definition) is 0. The maximum Gasteiger partial charge on any atom is 0.494 e. The Labute approximate surface area is 139 Å². The second-order valence-electron chi connectivity index (χ2n) is 6.60. The van der Waals surface area contributed by atoms with E-state index in [1.54, 1.807) is 23.6 Å². The summed E-state index contributed by atoms with van der Waals surface area (Å²) >= 11 is 1.30. The molecule has 3 rings (SSSR count). The van der Waals surface area contributed by atoms with Crippen LogP contribution in [0.4, 0.5) is 4.39 Å². The van der Waals surface area contributed by atoms with Gasteiger partial charge in [-0.15, -0.1) is 11.3 Å². The quantitative estimate of drug-likeness (QED) is 0.789. The number of thiophene rings is 1. The molecule has 118 valence electrons. The molecule has 0 atom stereocenters. The summed E-state index contributed by atoms with van der Waals surface area (Å²) < 4.78 is 26.3. The molecule has 0 bridgehead atoms. The minimum absolute atomic E-state index is 0.361. The van der Waals surface area contributed by atoms with Crippen molar-refractivity contribution >= 4 is 23.9 Å². The lowest BCUT2D eigenvalue weighted by atomic mass is 9.78. The Hall–Kier alpha value is -1.68. The third-order valence-electron chi connectivity index (χ3n) is 4.57. The maximum atomic E-state index is 14.3. The normalized spacial score (nSPS) is 18.9. The van der Waals surface area contributed by atoms with Crippen LogP contribution in [0.3, 0.4) is 0 Å². The molecule has 0 aliphatic carbocycles. The van der Waals surface area contributed by atoms with E-state index in [0.717, 1.165) is 5.46 Å². The highest BCUT2D eigenvalue weighted by atomic mass is 32.1. The van der Waals surface area contributed by atoms with Gasteiger partial charge in [-0.2, -0.15) is 5.26 Å². The molecule has 0 N–H and O–H groups in total. The van der Waals surface area contributed by atoms with Crippen molar-refractivity contribution in [3.8, 4) is 17.2 Å². The fourth-order valence-corrected chi connectivity index (χ4v) is 3.18. The van der Waals surface area contributed by atoms with Crippen LogP contribution >= 0.6 is 11.3 Å². The molecule has 1 aliphatic rings. The fraction of sp³-hybridized carbons (Fsp3) is 0.353. The SMILES string of the molecule is CC1(C)OB(c2ccc(F)c(-c3ccsc3C#N)c2)OC1(C)C. The van der Waals surface area contributed by atoms with Crippen LogP contribution < -0.4 is 5.46 Å². The predicted molar refractivity (Wildman–Crippen MR) is 90.1 cm³/mol. The van der Waals surface area contributed by atoms with Crippen molar-refractivity contribution in [1.29, 1.82) is 5.26 Å². The molecule has 6 heteroatoms. The molecular weight excluding hydrogens is 312 g/mol. The summed E-state index contributed by atoms with van der Waals surface area (Å²) in [6, 6.07) is 8.64. The summed E-state index contributed by atoms with van der Waals surface area (Å²) in [6.45, 7) is 7.91. The summed E-state index contributed by atoms with van der Waals surface area (Å²) in [7, 11) is -0.552. The summed E-state index contributed by atoms with van der Waals surface area (Å²) in [6.07, 6.45) is 0. The van der Waals surface area contributed by atoms with Gasteiger partial charge in [-0.1, -0.05) is 12.1 Å². The highest BCUT2D eigenvalue weighted by Crippen LogP contribution is 2.37. The molecule has 23 heavy (non-hydrogen) atoms. The van der Waals surface area contributed by atoms with Gasteiger partial charge in [0, 0.05) is 11.1 Å². The Balaban J connectivity index is 2.01. The van der Waals surface area contributed by atoms with Crippen LogP contribution in [0.1, 0.15) is 32.6 Å². The first-order valence-electron chi connectivity index (χ1n) is 7.38. The predicted octanol–water partition coefficient (Wildman–Crippen LogP) is 3.73. The molecule has 1 aliphatic heterocycles. The number of nitriles is 1. The minimum Gasteiger partial charge on any atom is -0.399 e. The summed E-state index contributed by atoms with van der Waals surface area (Å²) in [5, 5.41) is 11.0. The van der Waals surface area contributed by atoms with Gasteiger partial charge >= 0.3 is 7.12 Å². The van der Waals surface area contributed by atoms with E-state index < -0.39 is 18.3 Å². The minimum atomic E-state index is -0.552. The van der Waals surface area contributed by atoms with Crippen LogP contribution in [0.25, 0.3) is 11.1 Å². The highest BCUT2D eigenvalue weighted by Gasteiger charge is 2.51. The third kappa shape index (κ3) is 2.69. The van der Waals surface area contributed by atoms with Crippen molar-refractivity contribution in [3.63, 3.8) is 0 Å². The van der Waals surface area contributed by atoms with Crippen molar-refractivity contribution in [1.82, 2.24) is 0 Å². The van der Waals surface area contributed by atoms with Gasteiger partial charge in [0.15, 0.2) is 0 Å². The van der Waals surface area contributed by atoms with Crippen LogP contribution in [0.15, 0.2) is 29.6 Å². The lowest BCUT2D eigenvalue weighted by Gasteiger charge is -2.32. The number of hydrogen-bond acceptors (Lipinski definition) is 4. The van der Waals surface area contributed by atoms with Crippen LogP contribution in [0.5, 0.6) is 0 Å². The molecule has 3 nitrogen and oxygen atoms in total. The van der Waals surface area contributed by atoms with Crippen LogP contribution in [0, 0.1) is 17.1 Å². The second-order valence-corrected chi connectivity index (χ2v) is 7.52. The molecule has 0 spiro atoms. The molecule has 1 aromatic heterocycles. The van der Waals surface area contributed by atoms with Crippen LogP contribution in [-0.2, 0) is 9.31 Å². The number of rotatable bonds is 2. The van der Waals surface area contributed by atoms with E-state index in [4.69, 9.17) is 14.6 Å². The summed E-state index contributed by atoms with van der Waals surface area (Å²) in [5.74, 6) is -0.361. The molecule has 0 amide bonds. The zero-order valence-corrected chi connectivity index (χ0v) is 14.3. The van der Waals surface area contributed by atoms with Gasteiger partial charge < -0.3 is 9.31 Å². The van der Waals surface area contributed by atoms with E-state index in [2.05, 4.69) is 6.07 Å². The third-order valence-corrected chi connectivity index (χ3v) is 5.39. The summed E-state index contributed by atoms with van der Waals surface area (Å²) in [4.78, 5) is 0.495. The molecule has 0 saturated carbocycles. The number of halogens is 1. The average Bonchev–Trinajstić information content (AvgIpc) is 3.02. The smallest absolute Gasteiger partial charge is 0.399 e. The van der Waals surface area contributed by atoms with Gasteiger partial charge in [0.05, 0.1) is 11.2 Å². The lowest BCUT2D eigenvalue weighted by Crippen LogP contribution is -2.41. The highest BCUT2D eigenvalue weighted by molar-refractivity contribution is 7.11. The molecular formula is C17H17BFNO2S. The maximum absolute atomic E-state index is 14.3. The van der Waals surface area contributed by atoms with Crippen LogP contribution in [-0.4, -0.2) is 18.3 Å². The van der Waals surface area contributed by atoms with Crippen LogP contribution in [0.2, 0.25) is 0 Å². The van der Waals surface area contributed by atoms with E-state index in [1.165, 1.54) is 17.4 Å². The number of nitrogens with zero attached hydrogens (tertiary/aromatic N) is 1. The van der Waals surface area contributed by atoms with Crippen molar-refractivity contribution in [2.75, 3.05) is 0 Å². The Kier molecular flexibility index (Phi) is 3.84. The Morgan fingerprint density at radius 2 is 1.74 bits per heavy atom. The van der Waals surface area contributed by atoms with Crippen molar-refractivity contribution in [2.24, 2.45) is 0 Å².